The average molecular weight is 794 g/mol. The SMILES string of the molecule is CC(=O)OC1CC2C3(O)OC4(CC5C6CN7CC(C)CCC7C(C)(O)C6C(O)C(OC(=O)CC(C)C)C5(O)C14)C2(C)CCC3OC(=O)C(C)(O)C(C)OC(C)=O. The molecule has 3 aliphatic heterocycles. The van der Waals surface area contributed by atoms with Crippen LogP contribution >= 0.6 is 0 Å². The fourth-order valence-corrected chi connectivity index (χ4v) is 13.3. The maximum Gasteiger partial charge on any atom is 0.342 e. The first-order valence-electron chi connectivity index (χ1n) is 20.6. The summed E-state index contributed by atoms with van der Waals surface area (Å²) in [6, 6.07) is -0.274. The monoisotopic (exact) mass is 793 g/mol. The Morgan fingerprint density at radius 2 is 1.64 bits per heavy atom. The molecule has 18 unspecified atom stereocenters. The fraction of sp³-hybridized carbons (Fsp3) is 0.902. The number of rotatable bonds is 8. The maximum atomic E-state index is 13.7. The van der Waals surface area contributed by atoms with Crippen molar-refractivity contribution in [3.05, 3.63) is 0 Å². The van der Waals surface area contributed by atoms with Crippen molar-refractivity contribution >= 4 is 23.9 Å². The highest BCUT2D eigenvalue weighted by Gasteiger charge is 2.88. The molecule has 4 bridgehead atoms. The second kappa shape index (κ2) is 13.6. The summed E-state index contributed by atoms with van der Waals surface area (Å²) in [5.74, 6) is -9.10. The van der Waals surface area contributed by atoms with E-state index < -0.39 is 118 Å². The van der Waals surface area contributed by atoms with Gasteiger partial charge in [0.2, 0.25) is 5.79 Å². The van der Waals surface area contributed by atoms with Gasteiger partial charge in [-0.25, -0.2) is 4.79 Å². The van der Waals surface area contributed by atoms with Crippen LogP contribution in [0.3, 0.4) is 0 Å². The van der Waals surface area contributed by atoms with Gasteiger partial charge in [0.05, 0.1) is 23.2 Å². The Morgan fingerprint density at radius 3 is 2.27 bits per heavy atom. The molecule has 0 aromatic rings. The van der Waals surface area contributed by atoms with Crippen molar-refractivity contribution < 1.29 is 68.4 Å². The number of aliphatic hydroxyl groups is 5. The van der Waals surface area contributed by atoms with Crippen molar-refractivity contribution in [2.45, 2.75) is 172 Å². The Kier molecular flexibility index (Phi) is 10.1. The zero-order chi connectivity index (χ0) is 41.3. The van der Waals surface area contributed by atoms with E-state index in [-0.39, 0.29) is 37.6 Å². The molecule has 0 radical (unpaired) electrons. The first-order chi connectivity index (χ1) is 25.9. The van der Waals surface area contributed by atoms with Gasteiger partial charge in [0.25, 0.3) is 0 Å². The number of nitrogens with zero attached hydrogens (tertiary/aromatic N) is 1. The lowest BCUT2D eigenvalue weighted by Crippen LogP contribution is -2.77. The van der Waals surface area contributed by atoms with Crippen molar-refractivity contribution in [1.29, 1.82) is 0 Å². The minimum atomic E-state index is -2.28. The van der Waals surface area contributed by atoms with E-state index in [9.17, 15) is 44.7 Å². The van der Waals surface area contributed by atoms with E-state index in [1.54, 1.807) is 6.92 Å². The van der Waals surface area contributed by atoms with Crippen LogP contribution in [0.1, 0.15) is 107 Å². The van der Waals surface area contributed by atoms with Crippen molar-refractivity contribution in [2.75, 3.05) is 13.1 Å². The van der Waals surface area contributed by atoms with E-state index in [1.807, 2.05) is 20.8 Å². The average Bonchev–Trinajstić information content (AvgIpc) is 3.34. The van der Waals surface area contributed by atoms with Crippen LogP contribution in [-0.2, 0) is 42.9 Å². The number of ether oxygens (including phenoxy) is 5. The van der Waals surface area contributed by atoms with Gasteiger partial charge in [0, 0.05) is 56.7 Å². The lowest BCUT2D eigenvalue weighted by Gasteiger charge is -2.64. The molecule has 56 heavy (non-hydrogen) atoms. The molecule has 1 spiro atoms. The van der Waals surface area contributed by atoms with Gasteiger partial charge >= 0.3 is 23.9 Å². The molecule has 7 rings (SSSR count). The van der Waals surface area contributed by atoms with Gasteiger partial charge < -0.3 is 49.2 Å². The van der Waals surface area contributed by atoms with Crippen molar-refractivity contribution in [3.63, 3.8) is 0 Å². The largest absolute Gasteiger partial charge is 0.462 e. The third kappa shape index (κ3) is 5.83. The quantitative estimate of drug-likeness (QED) is 0.174. The molecule has 3 saturated heterocycles. The summed E-state index contributed by atoms with van der Waals surface area (Å²) in [5, 5.41) is 62.8. The predicted octanol–water partition coefficient (Wildman–Crippen LogP) is 1.61. The van der Waals surface area contributed by atoms with Gasteiger partial charge in [-0.1, -0.05) is 27.7 Å². The van der Waals surface area contributed by atoms with Gasteiger partial charge in [0.1, 0.15) is 17.8 Å². The molecule has 4 aliphatic carbocycles. The molecule has 316 valence electrons. The molecule has 0 amide bonds. The summed E-state index contributed by atoms with van der Waals surface area (Å²) < 4.78 is 30.2. The van der Waals surface area contributed by atoms with Crippen molar-refractivity contribution in [3.8, 4) is 0 Å². The van der Waals surface area contributed by atoms with E-state index >= 15 is 0 Å². The van der Waals surface area contributed by atoms with Crippen LogP contribution in [0.4, 0.5) is 0 Å². The van der Waals surface area contributed by atoms with E-state index in [0.717, 1.165) is 20.3 Å². The highest BCUT2D eigenvalue weighted by atomic mass is 16.7. The fourth-order valence-electron chi connectivity index (χ4n) is 13.3. The number of esters is 4. The molecule has 15 heteroatoms. The predicted molar refractivity (Wildman–Crippen MR) is 195 cm³/mol. The van der Waals surface area contributed by atoms with Crippen molar-refractivity contribution in [1.82, 2.24) is 4.90 Å². The van der Waals surface area contributed by atoms with E-state index in [0.29, 0.717) is 31.8 Å². The molecule has 5 N–H and O–H groups in total. The number of hydrogen-bond donors (Lipinski definition) is 5. The van der Waals surface area contributed by atoms with E-state index in [4.69, 9.17) is 23.7 Å². The van der Waals surface area contributed by atoms with Crippen LogP contribution < -0.4 is 0 Å². The zero-order valence-corrected chi connectivity index (χ0v) is 34.2. The summed E-state index contributed by atoms with van der Waals surface area (Å²) in [6.45, 7) is 15.6. The van der Waals surface area contributed by atoms with Crippen LogP contribution in [0, 0.1) is 46.8 Å². The second-order valence-electron chi connectivity index (χ2n) is 19.7. The van der Waals surface area contributed by atoms with Gasteiger partial charge in [-0.2, -0.15) is 0 Å². The first kappa shape index (κ1) is 41.7. The van der Waals surface area contributed by atoms with Gasteiger partial charge in [-0.05, 0) is 83.0 Å². The van der Waals surface area contributed by atoms with Gasteiger partial charge in [-0.15, -0.1) is 0 Å². The van der Waals surface area contributed by atoms with Gasteiger partial charge in [0.15, 0.2) is 17.8 Å². The molecule has 3 heterocycles. The number of aliphatic hydroxyl groups excluding tert-OH is 1. The molecular formula is C41H63NO14. The van der Waals surface area contributed by atoms with Gasteiger partial charge in [-0.3, -0.25) is 19.3 Å². The van der Waals surface area contributed by atoms with E-state index in [1.165, 1.54) is 13.8 Å². The number of fused-ring (bicyclic) bond motifs is 5. The third-order valence-electron chi connectivity index (χ3n) is 15.7. The first-order valence-corrected chi connectivity index (χ1v) is 20.6. The summed E-state index contributed by atoms with van der Waals surface area (Å²) in [7, 11) is 0. The number of carbonyl (C=O) groups excluding carboxylic acids is 4. The third-order valence-corrected chi connectivity index (χ3v) is 15.7. The Morgan fingerprint density at radius 1 is 0.964 bits per heavy atom. The maximum absolute atomic E-state index is 13.7. The summed E-state index contributed by atoms with van der Waals surface area (Å²) in [6.07, 6.45) is -4.63. The normalized spacial score (nSPS) is 49.3. The van der Waals surface area contributed by atoms with Crippen LogP contribution in [0.2, 0.25) is 0 Å². The summed E-state index contributed by atoms with van der Waals surface area (Å²) in [4.78, 5) is 54.0. The molecule has 7 fully saturated rings. The number of carbonyl (C=O) groups is 4. The number of hydrogen-bond acceptors (Lipinski definition) is 15. The minimum Gasteiger partial charge on any atom is -0.462 e. The van der Waals surface area contributed by atoms with Crippen LogP contribution in [0.5, 0.6) is 0 Å². The van der Waals surface area contributed by atoms with Crippen LogP contribution in [-0.4, -0.2) is 132 Å². The Hall–Kier alpha value is -2.40. The molecule has 0 aromatic heterocycles. The second-order valence-corrected chi connectivity index (χ2v) is 19.7. The topological polar surface area (TPSA) is 219 Å². The minimum absolute atomic E-state index is 0.00880. The Labute approximate surface area is 328 Å². The smallest absolute Gasteiger partial charge is 0.342 e. The molecule has 0 aromatic carbocycles. The van der Waals surface area contributed by atoms with Crippen LogP contribution in [0.25, 0.3) is 0 Å². The van der Waals surface area contributed by atoms with Crippen LogP contribution in [0.15, 0.2) is 0 Å². The summed E-state index contributed by atoms with van der Waals surface area (Å²) in [5.41, 5.74) is -8.17. The van der Waals surface area contributed by atoms with E-state index in [2.05, 4.69) is 11.8 Å². The highest BCUT2D eigenvalue weighted by molar-refractivity contribution is 5.80. The summed E-state index contributed by atoms with van der Waals surface area (Å²) >= 11 is 0. The Balaban J connectivity index is 1.35. The zero-order valence-electron chi connectivity index (χ0n) is 34.2. The molecular weight excluding hydrogens is 730 g/mol. The standard InChI is InChI=1S/C41H63NO14/c1-19(2)14-30(45)55-34-32(46)31-24(18-42-17-20(3)10-11-28(42)38(31,9)49)25-16-39-33(40(25,34)50)26(53-23(6)44)15-27-36(39,7)13-12-29(41(27,51)56-39)54-35(47)37(8,48)21(4)52-22(5)43/h19-21,24-29,31-34,46,48-51H,10-18H2,1-9H3. The number of piperidine rings is 2. The molecule has 4 saturated carbocycles. The van der Waals surface area contributed by atoms with Crippen molar-refractivity contribution in [2.24, 2.45) is 46.8 Å². The lowest BCUT2D eigenvalue weighted by atomic mass is 9.49. The molecule has 15 nitrogen and oxygen atoms in total. The lowest BCUT2D eigenvalue weighted by molar-refractivity contribution is -0.300. The highest BCUT2D eigenvalue weighted by Crippen LogP contribution is 2.77. The molecule has 18 atom stereocenters. The Bertz CT molecular complexity index is 1620. The molecule has 7 aliphatic rings.